The van der Waals surface area contributed by atoms with Crippen molar-refractivity contribution < 1.29 is 9.21 Å². The van der Waals surface area contributed by atoms with Gasteiger partial charge in [-0.25, -0.2) is 4.68 Å². The molecular weight excluding hydrogens is 364 g/mol. The Labute approximate surface area is 161 Å². The normalized spacial score (nSPS) is 21.6. The first-order valence-corrected chi connectivity index (χ1v) is 9.47. The van der Waals surface area contributed by atoms with Gasteiger partial charge >= 0.3 is 0 Å². The molecule has 0 unspecified atom stereocenters. The molecular formula is C20H19ClN4O2. The van der Waals surface area contributed by atoms with Crippen LogP contribution in [0.25, 0.3) is 17.1 Å². The molecule has 2 saturated heterocycles. The van der Waals surface area contributed by atoms with Gasteiger partial charge in [-0.3, -0.25) is 4.79 Å². The third kappa shape index (κ3) is 2.95. The highest BCUT2D eigenvalue weighted by molar-refractivity contribution is 6.30. The second-order valence-corrected chi connectivity index (χ2v) is 7.61. The van der Waals surface area contributed by atoms with Crippen molar-refractivity contribution in [2.24, 2.45) is 11.8 Å². The van der Waals surface area contributed by atoms with Crippen molar-refractivity contribution >= 4 is 17.5 Å². The van der Waals surface area contributed by atoms with Gasteiger partial charge < -0.3 is 14.6 Å². The molecule has 2 atom stereocenters. The van der Waals surface area contributed by atoms with E-state index >= 15 is 0 Å². The molecule has 27 heavy (non-hydrogen) atoms. The molecule has 2 aliphatic heterocycles. The molecule has 0 aliphatic carbocycles. The van der Waals surface area contributed by atoms with Crippen LogP contribution in [0.2, 0.25) is 5.02 Å². The van der Waals surface area contributed by atoms with Crippen LogP contribution in [0.4, 0.5) is 0 Å². The monoisotopic (exact) mass is 382 g/mol. The number of benzene rings is 1. The van der Waals surface area contributed by atoms with Gasteiger partial charge in [0.1, 0.15) is 5.69 Å². The Hall–Kier alpha value is -2.57. The van der Waals surface area contributed by atoms with Crippen LogP contribution in [0.1, 0.15) is 10.5 Å². The van der Waals surface area contributed by atoms with Gasteiger partial charge in [0.25, 0.3) is 5.91 Å². The van der Waals surface area contributed by atoms with Crippen LogP contribution in [0, 0.1) is 11.8 Å². The number of halogens is 1. The van der Waals surface area contributed by atoms with Crippen LogP contribution < -0.4 is 5.32 Å². The Bertz CT molecular complexity index is 970. The largest absolute Gasteiger partial charge is 0.463 e. The fourth-order valence-electron chi connectivity index (χ4n) is 4.07. The number of rotatable bonds is 3. The Kier molecular flexibility index (Phi) is 4.02. The number of furan rings is 1. The zero-order valence-electron chi connectivity index (χ0n) is 14.6. The van der Waals surface area contributed by atoms with Crippen molar-refractivity contribution in [3.8, 4) is 17.1 Å². The van der Waals surface area contributed by atoms with Crippen LogP contribution in [-0.4, -0.2) is 46.8 Å². The summed E-state index contributed by atoms with van der Waals surface area (Å²) in [5.41, 5.74) is 1.94. The molecule has 2 aliphatic rings. The molecule has 2 aromatic heterocycles. The number of fused-ring (bicyclic) bond motifs is 1. The fourth-order valence-corrected chi connectivity index (χ4v) is 4.26. The van der Waals surface area contributed by atoms with Crippen molar-refractivity contribution in [2.75, 3.05) is 26.2 Å². The minimum absolute atomic E-state index is 0.0296. The number of amides is 1. The first-order valence-electron chi connectivity index (χ1n) is 9.09. The molecule has 4 heterocycles. The molecule has 6 nitrogen and oxygen atoms in total. The summed E-state index contributed by atoms with van der Waals surface area (Å²) in [5.74, 6) is 1.73. The maximum Gasteiger partial charge on any atom is 0.274 e. The predicted molar refractivity (Wildman–Crippen MR) is 102 cm³/mol. The van der Waals surface area contributed by atoms with E-state index in [0.717, 1.165) is 37.6 Å². The Morgan fingerprint density at radius 2 is 1.96 bits per heavy atom. The third-order valence-electron chi connectivity index (χ3n) is 5.43. The first-order chi connectivity index (χ1) is 13.2. The Balaban J connectivity index is 1.52. The topological polar surface area (TPSA) is 63.3 Å². The molecule has 7 heteroatoms. The summed E-state index contributed by atoms with van der Waals surface area (Å²) < 4.78 is 7.28. The molecule has 0 saturated carbocycles. The van der Waals surface area contributed by atoms with Gasteiger partial charge in [0.15, 0.2) is 11.5 Å². The maximum absolute atomic E-state index is 13.1. The molecule has 1 amide bonds. The molecule has 138 valence electrons. The average molecular weight is 383 g/mol. The maximum atomic E-state index is 13.1. The Morgan fingerprint density at radius 1 is 1.15 bits per heavy atom. The highest BCUT2D eigenvalue weighted by Gasteiger charge is 2.39. The smallest absolute Gasteiger partial charge is 0.274 e. The lowest BCUT2D eigenvalue weighted by Crippen LogP contribution is -2.32. The van der Waals surface area contributed by atoms with E-state index in [4.69, 9.17) is 16.0 Å². The molecule has 1 aromatic carbocycles. The van der Waals surface area contributed by atoms with Crippen molar-refractivity contribution in [1.29, 1.82) is 0 Å². The molecule has 0 spiro atoms. The van der Waals surface area contributed by atoms with Gasteiger partial charge in [-0.15, -0.1) is 0 Å². The number of aromatic nitrogens is 2. The summed E-state index contributed by atoms with van der Waals surface area (Å²) in [6, 6.07) is 12.9. The molecule has 2 fully saturated rings. The second-order valence-electron chi connectivity index (χ2n) is 7.17. The molecule has 3 aromatic rings. The average Bonchev–Trinajstić information content (AvgIpc) is 3.43. The number of likely N-dealkylation sites (tertiary alicyclic amines) is 1. The van der Waals surface area contributed by atoms with Gasteiger partial charge in [-0.05, 0) is 42.2 Å². The lowest BCUT2D eigenvalue weighted by atomic mass is 10.0. The zero-order chi connectivity index (χ0) is 18.4. The van der Waals surface area contributed by atoms with E-state index < -0.39 is 0 Å². The van der Waals surface area contributed by atoms with Crippen molar-refractivity contribution in [2.45, 2.75) is 0 Å². The van der Waals surface area contributed by atoms with E-state index in [-0.39, 0.29) is 5.91 Å². The van der Waals surface area contributed by atoms with Crippen LogP contribution in [0.5, 0.6) is 0 Å². The number of hydrogen-bond donors (Lipinski definition) is 1. The van der Waals surface area contributed by atoms with Crippen LogP contribution >= 0.6 is 11.6 Å². The van der Waals surface area contributed by atoms with Gasteiger partial charge in [0.2, 0.25) is 0 Å². The number of carbonyl (C=O) groups is 1. The summed E-state index contributed by atoms with van der Waals surface area (Å²) in [4.78, 5) is 15.0. The summed E-state index contributed by atoms with van der Waals surface area (Å²) in [6.07, 6.45) is 1.61. The minimum atomic E-state index is -0.0296. The van der Waals surface area contributed by atoms with E-state index in [9.17, 15) is 4.79 Å². The predicted octanol–water partition coefficient (Wildman–Crippen LogP) is 3.08. The number of carbonyl (C=O) groups excluding carboxylic acids is 1. The van der Waals surface area contributed by atoms with E-state index in [1.54, 1.807) is 17.0 Å². The van der Waals surface area contributed by atoms with Crippen molar-refractivity contribution in [1.82, 2.24) is 20.0 Å². The molecule has 1 N–H and O–H groups in total. The van der Waals surface area contributed by atoms with Gasteiger partial charge in [-0.2, -0.15) is 5.10 Å². The molecule has 0 radical (unpaired) electrons. The third-order valence-corrected chi connectivity index (χ3v) is 5.67. The van der Waals surface area contributed by atoms with E-state index in [1.165, 1.54) is 0 Å². The lowest BCUT2D eigenvalue weighted by molar-refractivity contribution is 0.0775. The van der Waals surface area contributed by atoms with Crippen LogP contribution in [0.3, 0.4) is 0 Å². The van der Waals surface area contributed by atoms with E-state index in [0.29, 0.717) is 28.3 Å². The SMILES string of the molecule is O=C(c1cc(-c2ccco2)n(-c2cccc(Cl)c2)n1)N1C[C@H]2CNC[C@H]2C1. The van der Waals surface area contributed by atoms with Gasteiger partial charge in [-0.1, -0.05) is 17.7 Å². The number of nitrogens with one attached hydrogen (secondary N) is 1. The number of nitrogens with zero attached hydrogens (tertiary/aromatic N) is 3. The summed E-state index contributed by atoms with van der Waals surface area (Å²) >= 11 is 6.15. The lowest BCUT2D eigenvalue weighted by Gasteiger charge is -2.15. The van der Waals surface area contributed by atoms with Crippen molar-refractivity contribution in [3.63, 3.8) is 0 Å². The number of hydrogen-bond acceptors (Lipinski definition) is 4. The van der Waals surface area contributed by atoms with E-state index in [1.807, 2.05) is 41.3 Å². The second kappa shape index (κ2) is 6.55. The molecule has 0 bridgehead atoms. The Morgan fingerprint density at radius 3 is 2.67 bits per heavy atom. The quantitative estimate of drug-likeness (QED) is 0.756. The minimum Gasteiger partial charge on any atom is -0.463 e. The fraction of sp³-hybridized carbons (Fsp3) is 0.300. The summed E-state index contributed by atoms with van der Waals surface area (Å²) in [5, 5.41) is 8.62. The summed E-state index contributed by atoms with van der Waals surface area (Å²) in [6.45, 7) is 3.55. The highest BCUT2D eigenvalue weighted by atomic mass is 35.5. The van der Waals surface area contributed by atoms with Gasteiger partial charge in [0.05, 0.1) is 12.0 Å². The van der Waals surface area contributed by atoms with Gasteiger partial charge in [0, 0.05) is 37.3 Å². The summed E-state index contributed by atoms with van der Waals surface area (Å²) in [7, 11) is 0. The van der Waals surface area contributed by atoms with Crippen molar-refractivity contribution in [3.05, 3.63) is 59.4 Å². The standard InChI is InChI=1S/C20H19ClN4O2/c21-15-3-1-4-16(7-15)25-18(19-5-2-6-27-19)8-17(23-25)20(26)24-11-13-9-22-10-14(13)12-24/h1-8,13-14,22H,9-12H2/t13-,14+. The van der Waals surface area contributed by atoms with Crippen LogP contribution in [0.15, 0.2) is 53.1 Å². The first kappa shape index (κ1) is 16.6. The highest BCUT2D eigenvalue weighted by Crippen LogP contribution is 2.30. The van der Waals surface area contributed by atoms with E-state index in [2.05, 4.69) is 10.4 Å². The molecule has 5 rings (SSSR count). The van der Waals surface area contributed by atoms with Crippen LogP contribution in [-0.2, 0) is 0 Å². The zero-order valence-corrected chi connectivity index (χ0v) is 15.4.